The molecular weight excluding hydrogens is 163 g/mol. The van der Waals surface area contributed by atoms with Crippen molar-refractivity contribution in [1.29, 1.82) is 0 Å². The molecule has 1 rings (SSSR count). The molecule has 74 valence electrons. The van der Waals surface area contributed by atoms with E-state index in [1.807, 2.05) is 0 Å². The molecule has 0 aromatic rings. The zero-order valence-corrected chi connectivity index (χ0v) is 8.32. The maximum atomic E-state index is 9.19. The Kier molecular flexibility index (Phi) is 4.27. The maximum absolute atomic E-state index is 9.19. The Hall–Kier alpha value is -0.0151. The van der Waals surface area contributed by atoms with Crippen molar-refractivity contribution < 1.29 is 10.2 Å². The van der Waals surface area contributed by atoms with Crippen LogP contribution in [0.25, 0.3) is 0 Å². The topological polar surface area (TPSA) is 40.5 Å². The molecule has 0 aromatic carbocycles. The molecule has 4 atom stereocenters. The van der Waals surface area contributed by atoms with Gasteiger partial charge in [0.1, 0.15) is 0 Å². The molecule has 0 heterocycles. The van der Waals surface area contributed by atoms with Gasteiger partial charge in [-0.15, -0.1) is 0 Å². The van der Waals surface area contributed by atoms with E-state index in [0.29, 0.717) is 11.8 Å². The maximum Gasteiger partial charge on any atom is 0.0704 e. The molecule has 13 heavy (non-hydrogen) atoms. The van der Waals surface area contributed by atoms with Crippen molar-refractivity contribution in [2.75, 3.05) is 13.2 Å². The van der Waals surface area contributed by atoms with Gasteiger partial charge in [0.15, 0.2) is 0 Å². The fourth-order valence-electron chi connectivity index (χ4n) is 2.63. The van der Waals surface area contributed by atoms with Crippen LogP contribution in [0.1, 0.15) is 26.2 Å². The van der Waals surface area contributed by atoms with Crippen molar-refractivity contribution in [2.24, 2.45) is 17.8 Å². The van der Waals surface area contributed by atoms with Crippen LogP contribution in [0.2, 0.25) is 5.82 Å². The third-order valence-corrected chi connectivity index (χ3v) is 3.35. The van der Waals surface area contributed by atoms with Gasteiger partial charge in [0.05, 0.1) is 7.85 Å². The van der Waals surface area contributed by atoms with E-state index in [9.17, 15) is 5.11 Å². The van der Waals surface area contributed by atoms with Gasteiger partial charge in [0.25, 0.3) is 0 Å². The highest BCUT2D eigenvalue weighted by atomic mass is 16.3. The Morgan fingerprint density at radius 1 is 1.23 bits per heavy atom. The first-order valence-corrected chi connectivity index (χ1v) is 5.21. The molecular formula is C10H19BO2. The molecule has 3 heteroatoms. The van der Waals surface area contributed by atoms with Gasteiger partial charge in [0, 0.05) is 13.2 Å². The molecule has 2 radical (unpaired) electrons. The summed E-state index contributed by atoms with van der Waals surface area (Å²) in [5.41, 5.74) is 0. The van der Waals surface area contributed by atoms with Crippen LogP contribution in [0, 0.1) is 17.8 Å². The summed E-state index contributed by atoms with van der Waals surface area (Å²) in [6.45, 7) is 2.52. The average molecular weight is 182 g/mol. The zero-order valence-electron chi connectivity index (χ0n) is 8.32. The lowest BCUT2D eigenvalue weighted by atomic mass is 9.76. The first-order valence-electron chi connectivity index (χ1n) is 5.21. The van der Waals surface area contributed by atoms with Crippen LogP contribution in [0.5, 0.6) is 0 Å². The molecule has 1 aliphatic rings. The normalized spacial score (nSPS) is 39.6. The summed E-state index contributed by atoms with van der Waals surface area (Å²) in [5, 5.41) is 18.3. The lowest BCUT2D eigenvalue weighted by molar-refractivity contribution is 0.138. The molecule has 1 saturated carbocycles. The zero-order chi connectivity index (χ0) is 9.84. The molecule has 0 bridgehead atoms. The van der Waals surface area contributed by atoms with E-state index < -0.39 is 0 Å². The highest BCUT2D eigenvalue weighted by Gasteiger charge is 2.38. The Bertz CT molecular complexity index is 152. The predicted octanol–water partition coefficient (Wildman–Crippen LogP) is 0.980. The average Bonchev–Trinajstić information content (AvgIpc) is 2.43. The van der Waals surface area contributed by atoms with E-state index in [4.69, 9.17) is 13.0 Å². The van der Waals surface area contributed by atoms with E-state index in [2.05, 4.69) is 6.92 Å². The van der Waals surface area contributed by atoms with Gasteiger partial charge in [-0.3, -0.25) is 0 Å². The lowest BCUT2D eigenvalue weighted by Crippen LogP contribution is -2.21. The highest BCUT2D eigenvalue weighted by Crippen LogP contribution is 2.45. The monoisotopic (exact) mass is 182 g/mol. The molecule has 0 aliphatic heterocycles. The molecule has 1 fully saturated rings. The van der Waals surface area contributed by atoms with Crippen LogP contribution in [-0.2, 0) is 0 Å². The van der Waals surface area contributed by atoms with Gasteiger partial charge in [-0.25, -0.2) is 0 Å². The summed E-state index contributed by atoms with van der Waals surface area (Å²) in [6.07, 6.45) is 3.04. The van der Waals surface area contributed by atoms with Crippen LogP contribution in [0.15, 0.2) is 0 Å². The van der Waals surface area contributed by atoms with Crippen LogP contribution in [0.3, 0.4) is 0 Å². The van der Waals surface area contributed by atoms with Crippen LogP contribution >= 0.6 is 0 Å². The van der Waals surface area contributed by atoms with Gasteiger partial charge < -0.3 is 10.2 Å². The number of hydrogen-bond donors (Lipinski definition) is 2. The van der Waals surface area contributed by atoms with Gasteiger partial charge >= 0.3 is 0 Å². The smallest absolute Gasteiger partial charge is 0.0704 e. The molecule has 0 amide bonds. The third-order valence-electron chi connectivity index (χ3n) is 3.35. The summed E-state index contributed by atoms with van der Waals surface area (Å²) < 4.78 is 0. The summed E-state index contributed by atoms with van der Waals surface area (Å²) in [4.78, 5) is 0. The van der Waals surface area contributed by atoms with Crippen molar-refractivity contribution in [3.63, 3.8) is 0 Å². The van der Waals surface area contributed by atoms with Gasteiger partial charge in [-0.05, 0) is 17.8 Å². The van der Waals surface area contributed by atoms with E-state index in [0.717, 1.165) is 19.3 Å². The van der Waals surface area contributed by atoms with Crippen molar-refractivity contribution in [3.8, 4) is 0 Å². The van der Waals surface area contributed by atoms with E-state index in [1.165, 1.54) is 0 Å². The Morgan fingerprint density at radius 2 is 1.92 bits per heavy atom. The molecule has 2 N–H and O–H groups in total. The van der Waals surface area contributed by atoms with Crippen molar-refractivity contribution in [3.05, 3.63) is 0 Å². The highest BCUT2D eigenvalue weighted by molar-refractivity contribution is 6.12. The molecule has 2 nitrogen and oxygen atoms in total. The number of hydrogen-bond acceptors (Lipinski definition) is 2. The van der Waals surface area contributed by atoms with E-state index in [-0.39, 0.29) is 24.9 Å². The second kappa shape index (κ2) is 5.01. The SMILES string of the molecule is [B]C1CC(CO)C(CCC)[C@H]1CO. The standard InChI is InChI=1S/C10H19BO2/c1-2-3-8-7(5-12)4-10(11)9(8)6-13/h7-10,12-13H,2-6H2,1H3/t7?,8?,9-,10?/m1/s1. The molecule has 0 saturated heterocycles. The first kappa shape index (κ1) is 11.1. The van der Waals surface area contributed by atoms with E-state index >= 15 is 0 Å². The summed E-state index contributed by atoms with van der Waals surface area (Å²) in [5.74, 6) is 1.03. The minimum atomic E-state index is 0.0821. The third kappa shape index (κ3) is 2.26. The van der Waals surface area contributed by atoms with Gasteiger partial charge in [0.2, 0.25) is 0 Å². The largest absolute Gasteiger partial charge is 0.396 e. The summed E-state index contributed by atoms with van der Waals surface area (Å²) in [7, 11) is 5.91. The lowest BCUT2D eigenvalue weighted by Gasteiger charge is -2.23. The van der Waals surface area contributed by atoms with Crippen LogP contribution in [-0.4, -0.2) is 31.3 Å². The van der Waals surface area contributed by atoms with Crippen LogP contribution < -0.4 is 0 Å². The number of rotatable bonds is 4. The van der Waals surface area contributed by atoms with Crippen molar-refractivity contribution >= 4 is 7.85 Å². The Labute approximate surface area is 81.8 Å². The number of aliphatic hydroxyl groups excluding tert-OH is 2. The van der Waals surface area contributed by atoms with E-state index in [1.54, 1.807) is 0 Å². The molecule has 1 aliphatic carbocycles. The minimum Gasteiger partial charge on any atom is -0.396 e. The minimum absolute atomic E-state index is 0.0821. The predicted molar refractivity (Wildman–Crippen MR) is 53.7 cm³/mol. The van der Waals surface area contributed by atoms with Gasteiger partial charge in [-0.2, -0.15) is 0 Å². The van der Waals surface area contributed by atoms with Gasteiger partial charge in [-0.1, -0.05) is 32.0 Å². The van der Waals surface area contributed by atoms with Crippen molar-refractivity contribution in [1.82, 2.24) is 0 Å². The van der Waals surface area contributed by atoms with Crippen LogP contribution in [0.4, 0.5) is 0 Å². The Balaban J connectivity index is 2.60. The summed E-state index contributed by atoms with van der Waals surface area (Å²) in [6, 6.07) is 0. The molecule has 0 aromatic heterocycles. The molecule has 0 spiro atoms. The number of aliphatic hydroxyl groups is 2. The molecule has 3 unspecified atom stereocenters. The second-order valence-corrected chi connectivity index (χ2v) is 4.14. The summed E-state index contributed by atoms with van der Waals surface area (Å²) >= 11 is 0. The quantitative estimate of drug-likeness (QED) is 0.636. The fourth-order valence-corrected chi connectivity index (χ4v) is 2.63. The fraction of sp³-hybridized carbons (Fsp3) is 1.00. The second-order valence-electron chi connectivity index (χ2n) is 4.14. The van der Waals surface area contributed by atoms with Crippen molar-refractivity contribution in [2.45, 2.75) is 32.0 Å². The first-order chi connectivity index (χ1) is 6.24. The Morgan fingerprint density at radius 3 is 2.38 bits per heavy atom.